The summed E-state index contributed by atoms with van der Waals surface area (Å²) in [5, 5.41) is 0.317. The van der Waals surface area contributed by atoms with E-state index in [0.29, 0.717) is 30.6 Å². The van der Waals surface area contributed by atoms with Gasteiger partial charge in [0.05, 0.1) is 24.3 Å². The Morgan fingerprint density at radius 1 is 1.67 bits per heavy atom. The molecule has 1 aromatic rings. The van der Waals surface area contributed by atoms with E-state index in [1.807, 2.05) is 11.8 Å². The lowest BCUT2D eigenvalue weighted by Crippen LogP contribution is -2.44. The Labute approximate surface area is 92.8 Å². The van der Waals surface area contributed by atoms with Crippen LogP contribution in [0.4, 0.5) is 10.2 Å². The first-order chi connectivity index (χ1) is 7.18. The SMILES string of the molecule is CC1COCCN1c1ncc(Cl)cc1F. The highest BCUT2D eigenvalue weighted by atomic mass is 35.5. The third-order valence-corrected chi connectivity index (χ3v) is 2.63. The molecule has 15 heavy (non-hydrogen) atoms. The minimum atomic E-state index is -0.378. The molecule has 1 aromatic heterocycles. The molecule has 2 rings (SSSR count). The zero-order valence-electron chi connectivity index (χ0n) is 8.41. The van der Waals surface area contributed by atoms with Gasteiger partial charge in [0.1, 0.15) is 0 Å². The van der Waals surface area contributed by atoms with Crippen LogP contribution < -0.4 is 4.90 Å². The highest BCUT2D eigenvalue weighted by Crippen LogP contribution is 2.22. The van der Waals surface area contributed by atoms with Crippen LogP contribution in [0.5, 0.6) is 0 Å². The van der Waals surface area contributed by atoms with E-state index in [4.69, 9.17) is 16.3 Å². The maximum atomic E-state index is 13.6. The van der Waals surface area contributed by atoms with E-state index in [9.17, 15) is 4.39 Å². The van der Waals surface area contributed by atoms with Gasteiger partial charge in [-0.15, -0.1) is 0 Å². The fourth-order valence-electron chi connectivity index (χ4n) is 1.66. The van der Waals surface area contributed by atoms with E-state index < -0.39 is 0 Å². The largest absolute Gasteiger partial charge is 0.377 e. The molecule has 1 atom stereocenters. The summed E-state index contributed by atoms with van der Waals surface area (Å²) in [6.45, 7) is 3.85. The van der Waals surface area contributed by atoms with Crippen LogP contribution in [0.25, 0.3) is 0 Å². The van der Waals surface area contributed by atoms with Crippen molar-refractivity contribution in [2.45, 2.75) is 13.0 Å². The van der Waals surface area contributed by atoms with Crippen LogP contribution in [0.1, 0.15) is 6.92 Å². The number of ether oxygens (including phenoxy) is 1. The smallest absolute Gasteiger partial charge is 0.167 e. The lowest BCUT2D eigenvalue weighted by Gasteiger charge is -2.34. The van der Waals surface area contributed by atoms with Crippen molar-refractivity contribution in [2.75, 3.05) is 24.7 Å². The second-order valence-electron chi connectivity index (χ2n) is 3.58. The molecule has 82 valence electrons. The van der Waals surface area contributed by atoms with E-state index in [0.717, 1.165) is 0 Å². The molecule has 1 unspecified atom stereocenters. The molecule has 1 aliphatic rings. The molecule has 2 heterocycles. The van der Waals surface area contributed by atoms with Crippen LogP contribution in [0.15, 0.2) is 12.3 Å². The Morgan fingerprint density at radius 2 is 2.47 bits per heavy atom. The third kappa shape index (κ3) is 2.21. The standard InChI is InChI=1S/C10H12ClFN2O/c1-7-6-15-3-2-14(7)10-9(12)4-8(11)5-13-10/h4-5,7H,2-3,6H2,1H3. The average Bonchev–Trinajstić information content (AvgIpc) is 2.20. The second kappa shape index (κ2) is 4.33. The van der Waals surface area contributed by atoms with Crippen LogP contribution in [-0.2, 0) is 4.74 Å². The second-order valence-corrected chi connectivity index (χ2v) is 4.01. The van der Waals surface area contributed by atoms with Gasteiger partial charge < -0.3 is 9.64 Å². The van der Waals surface area contributed by atoms with Gasteiger partial charge in [0.15, 0.2) is 11.6 Å². The summed E-state index contributed by atoms with van der Waals surface area (Å²) in [5.41, 5.74) is 0. The number of pyridine rings is 1. The topological polar surface area (TPSA) is 25.4 Å². The van der Waals surface area contributed by atoms with E-state index in [-0.39, 0.29) is 11.9 Å². The molecule has 0 saturated carbocycles. The van der Waals surface area contributed by atoms with Crippen molar-refractivity contribution in [2.24, 2.45) is 0 Å². The van der Waals surface area contributed by atoms with Gasteiger partial charge in [-0.3, -0.25) is 0 Å². The molecule has 0 aliphatic carbocycles. The molecule has 1 aliphatic heterocycles. The number of morpholine rings is 1. The summed E-state index contributed by atoms with van der Waals surface area (Å²) in [6.07, 6.45) is 1.46. The monoisotopic (exact) mass is 230 g/mol. The average molecular weight is 231 g/mol. The quantitative estimate of drug-likeness (QED) is 0.739. The first-order valence-electron chi connectivity index (χ1n) is 4.84. The minimum Gasteiger partial charge on any atom is -0.377 e. The van der Waals surface area contributed by atoms with Crippen molar-refractivity contribution in [3.05, 3.63) is 23.1 Å². The van der Waals surface area contributed by atoms with Gasteiger partial charge in [0.25, 0.3) is 0 Å². The predicted octanol–water partition coefficient (Wildman–Crippen LogP) is 2.10. The van der Waals surface area contributed by atoms with Crippen LogP contribution in [0.3, 0.4) is 0 Å². The zero-order chi connectivity index (χ0) is 10.8. The van der Waals surface area contributed by atoms with E-state index in [2.05, 4.69) is 4.98 Å². The normalized spacial score (nSPS) is 21.8. The summed E-state index contributed by atoms with van der Waals surface area (Å²) >= 11 is 5.65. The van der Waals surface area contributed by atoms with Crippen LogP contribution in [0.2, 0.25) is 5.02 Å². The summed E-state index contributed by atoms with van der Waals surface area (Å²) < 4.78 is 18.9. The molecule has 0 N–H and O–H groups in total. The Bertz CT molecular complexity index is 361. The highest BCUT2D eigenvalue weighted by Gasteiger charge is 2.22. The van der Waals surface area contributed by atoms with Crippen LogP contribution in [0, 0.1) is 5.82 Å². The number of anilines is 1. The number of hydrogen-bond donors (Lipinski definition) is 0. The van der Waals surface area contributed by atoms with Crippen molar-refractivity contribution in [1.82, 2.24) is 4.98 Å². The van der Waals surface area contributed by atoms with Gasteiger partial charge in [0, 0.05) is 12.7 Å². The number of aromatic nitrogens is 1. The lowest BCUT2D eigenvalue weighted by molar-refractivity contribution is 0.0981. The molecule has 0 radical (unpaired) electrons. The van der Waals surface area contributed by atoms with Crippen LogP contribution >= 0.6 is 11.6 Å². The Hall–Kier alpha value is -0.870. The maximum Gasteiger partial charge on any atom is 0.167 e. The first kappa shape index (κ1) is 10.6. The fourth-order valence-corrected chi connectivity index (χ4v) is 1.81. The number of hydrogen-bond acceptors (Lipinski definition) is 3. The molecular formula is C10H12ClFN2O. The molecule has 3 nitrogen and oxygen atoms in total. The number of rotatable bonds is 1. The molecule has 0 bridgehead atoms. The third-order valence-electron chi connectivity index (χ3n) is 2.43. The van der Waals surface area contributed by atoms with Gasteiger partial charge in [-0.1, -0.05) is 11.6 Å². The molecule has 1 fully saturated rings. The van der Waals surface area contributed by atoms with Crippen LogP contribution in [-0.4, -0.2) is 30.8 Å². The molecule has 1 saturated heterocycles. The highest BCUT2D eigenvalue weighted by molar-refractivity contribution is 6.30. The summed E-state index contributed by atoms with van der Waals surface area (Å²) in [4.78, 5) is 5.91. The van der Waals surface area contributed by atoms with E-state index in [1.54, 1.807) is 0 Å². The van der Waals surface area contributed by atoms with Crippen molar-refractivity contribution in [3.8, 4) is 0 Å². The van der Waals surface area contributed by atoms with Gasteiger partial charge in [-0.2, -0.15) is 0 Å². The minimum absolute atomic E-state index is 0.141. The summed E-state index contributed by atoms with van der Waals surface area (Å²) in [5.74, 6) is -0.0218. The predicted molar refractivity (Wildman–Crippen MR) is 56.8 cm³/mol. The fraction of sp³-hybridized carbons (Fsp3) is 0.500. The summed E-state index contributed by atoms with van der Waals surface area (Å²) in [7, 11) is 0. The molecular weight excluding hydrogens is 219 g/mol. The van der Waals surface area contributed by atoms with Gasteiger partial charge in [0.2, 0.25) is 0 Å². The van der Waals surface area contributed by atoms with Crippen molar-refractivity contribution in [3.63, 3.8) is 0 Å². The van der Waals surface area contributed by atoms with Crippen molar-refractivity contribution in [1.29, 1.82) is 0 Å². The van der Waals surface area contributed by atoms with Crippen molar-refractivity contribution < 1.29 is 9.13 Å². The van der Waals surface area contributed by atoms with Gasteiger partial charge >= 0.3 is 0 Å². The number of halogens is 2. The summed E-state index contributed by atoms with van der Waals surface area (Å²) in [6, 6.07) is 1.42. The van der Waals surface area contributed by atoms with Gasteiger partial charge in [-0.25, -0.2) is 9.37 Å². The zero-order valence-corrected chi connectivity index (χ0v) is 9.17. The Kier molecular flexibility index (Phi) is 3.07. The lowest BCUT2D eigenvalue weighted by atomic mass is 10.2. The van der Waals surface area contributed by atoms with Crippen molar-refractivity contribution >= 4 is 17.4 Å². The molecule has 0 aromatic carbocycles. The first-order valence-corrected chi connectivity index (χ1v) is 5.21. The molecule has 0 spiro atoms. The van der Waals surface area contributed by atoms with E-state index in [1.165, 1.54) is 12.3 Å². The molecule has 5 heteroatoms. The van der Waals surface area contributed by atoms with E-state index >= 15 is 0 Å². The molecule has 0 amide bonds. The van der Waals surface area contributed by atoms with Gasteiger partial charge in [-0.05, 0) is 13.0 Å². The Morgan fingerprint density at radius 3 is 3.13 bits per heavy atom. The Balaban J connectivity index is 2.27. The maximum absolute atomic E-state index is 13.6. The number of nitrogens with zero attached hydrogens (tertiary/aromatic N) is 2.